The Morgan fingerprint density at radius 1 is 1.13 bits per heavy atom. The van der Waals surface area contributed by atoms with Crippen LogP contribution >= 0.6 is 0 Å². The van der Waals surface area contributed by atoms with E-state index in [0.717, 1.165) is 29.8 Å². The average molecular weight is 414 g/mol. The molecule has 0 bridgehead atoms. The fraction of sp³-hybridized carbons (Fsp3) is 0.261. The van der Waals surface area contributed by atoms with Gasteiger partial charge in [-0.2, -0.15) is 10.2 Å². The highest BCUT2D eigenvalue weighted by molar-refractivity contribution is 6.08. The summed E-state index contributed by atoms with van der Waals surface area (Å²) >= 11 is 0. The summed E-state index contributed by atoms with van der Waals surface area (Å²) in [5, 5.41) is 12.0. The van der Waals surface area contributed by atoms with E-state index in [9.17, 15) is 9.59 Å². The van der Waals surface area contributed by atoms with E-state index in [4.69, 9.17) is 5.10 Å². The van der Waals surface area contributed by atoms with Crippen molar-refractivity contribution in [2.75, 3.05) is 5.32 Å². The summed E-state index contributed by atoms with van der Waals surface area (Å²) in [4.78, 5) is 28.8. The van der Waals surface area contributed by atoms with Gasteiger partial charge in [0, 0.05) is 31.0 Å². The van der Waals surface area contributed by atoms with Crippen LogP contribution in [0.5, 0.6) is 0 Å². The number of carbonyl (C=O) groups is 2. The molecule has 0 aliphatic heterocycles. The van der Waals surface area contributed by atoms with Gasteiger partial charge in [-0.3, -0.25) is 9.59 Å². The molecule has 8 heteroatoms. The van der Waals surface area contributed by atoms with Gasteiger partial charge >= 0.3 is 0 Å². The molecule has 0 atom stereocenters. The van der Waals surface area contributed by atoms with E-state index in [2.05, 4.69) is 15.4 Å². The monoisotopic (exact) mass is 414 g/mol. The normalized spacial score (nSPS) is 14.8. The molecule has 1 aliphatic carbocycles. The highest BCUT2D eigenvalue weighted by atomic mass is 16.2. The maximum absolute atomic E-state index is 13.1. The first-order valence-corrected chi connectivity index (χ1v) is 10.4. The third-order valence-electron chi connectivity index (χ3n) is 5.78. The second kappa shape index (κ2) is 7.79. The minimum Gasteiger partial charge on any atom is -0.306 e. The van der Waals surface area contributed by atoms with Crippen LogP contribution in [0.1, 0.15) is 53.2 Å². The number of amides is 1. The number of anilines is 1. The van der Waals surface area contributed by atoms with Crippen LogP contribution in [0.15, 0.2) is 55.1 Å². The zero-order valence-corrected chi connectivity index (χ0v) is 17.2. The second-order valence-corrected chi connectivity index (χ2v) is 7.94. The SMILES string of the molecule is Cc1ccc(-n2nc(C3CCC(=O)CC3)cc2NC(=O)c2cnn3cnccc23)cc1. The number of benzene rings is 1. The van der Waals surface area contributed by atoms with Crippen molar-refractivity contribution in [3.8, 4) is 5.69 Å². The van der Waals surface area contributed by atoms with Crippen molar-refractivity contribution in [2.24, 2.45) is 0 Å². The molecule has 1 N–H and O–H groups in total. The van der Waals surface area contributed by atoms with Gasteiger partial charge in [0.25, 0.3) is 5.91 Å². The first-order chi connectivity index (χ1) is 15.1. The van der Waals surface area contributed by atoms with Gasteiger partial charge < -0.3 is 5.32 Å². The molecule has 1 saturated carbocycles. The molecular formula is C23H22N6O2. The van der Waals surface area contributed by atoms with Crippen molar-refractivity contribution < 1.29 is 9.59 Å². The number of nitrogens with zero attached hydrogens (tertiary/aromatic N) is 5. The van der Waals surface area contributed by atoms with Gasteiger partial charge in [-0.25, -0.2) is 14.2 Å². The van der Waals surface area contributed by atoms with Crippen LogP contribution in [0.2, 0.25) is 0 Å². The molecule has 31 heavy (non-hydrogen) atoms. The third-order valence-corrected chi connectivity index (χ3v) is 5.78. The zero-order valence-electron chi connectivity index (χ0n) is 17.2. The Kier molecular flexibility index (Phi) is 4.82. The largest absolute Gasteiger partial charge is 0.306 e. The predicted octanol–water partition coefficient (Wildman–Crippen LogP) is 3.70. The van der Waals surface area contributed by atoms with Gasteiger partial charge in [0.05, 0.1) is 28.7 Å². The Balaban J connectivity index is 1.50. The van der Waals surface area contributed by atoms with Crippen LogP contribution in [-0.4, -0.2) is 36.1 Å². The molecule has 0 spiro atoms. The smallest absolute Gasteiger partial charge is 0.260 e. The van der Waals surface area contributed by atoms with Crippen LogP contribution in [0.25, 0.3) is 11.2 Å². The summed E-state index contributed by atoms with van der Waals surface area (Å²) in [6.07, 6.45) is 7.47. The van der Waals surface area contributed by atoms with Crippen LogP contribution in [0, 0.1) is 6.92 Å². The summed E-state index contributed by atoms with van der Waals surface area (Å²) in [6.45, 7) is 2.03. The lowest BCUT2D eigenvalue weighted by molar-refractivity contribution is -0.120. The zero-order chi connectivity index (χ0) is 21.4. The maximum atomic E-state index is 13.1. The van der Waals surface area contributed by atoms with E-state index in [-0.39, 0.29) is 11.8 Å². The Labute approximate surface area is 178 Å². The van der Waals surface area contributed by atoms with Crippen molar-refractivity contribution in [1.82, 2.24) is 24.4 Å². The number of aryl methyl sites for hydroxylation is 1. The number of hydrogen-bond donors (Lipinski definition) is 1. The van der Waals surface area contributed by atoms with E-state index in [1.807, 2.05) is 37.3 Å². The highest BCUT2D eigenvalue weighted by Gasteiger charge is 2.25. The lowest BCUT2D eigenvalue weighted by Gasteiger charge is -2.18. The number of Topliss-reactive ketones (excluding diaryl/α,β-unsaturated/α-hetero) is 1. The number of hydrogen-bond acceptors (Lipinski definition) is 5. The molecule has 0 saturated heterocycles. The Bertz CT molecular complexity index is 1260. The summed E-state index contributed by atoms with van der Waals surface area (Å²) < 4.78 is 3.33. The standard InChI is InChI=1S/C23H22N6O2/c1-15-2-6-17(7-3-15)29-22(12-20(27-29)16-4-8-18(30)9-5-16)26-23(31)19-13-25-28-14-24-11-10-21(19)28/h2-3,6-7,10-14,16H,4-5,8-9H2,1H3,(H,26,31). The van der Waals surface area contributed by atoms with Gasteiger partial charge in [0.2, 0.25) is 0 Å². The maximum Gasteiger partial charge on any atom is 0.260 e. The average Bonchev–Trinajstić information content (AvgIpc) is 3.39. The third kappa shape index (κ3) is 3.72. The fourth-order valence-electron chi connectivity index (χ4n) is 4.01. The molecule has 156 valence electrons. The Morgan fingerprint density at radius 3 is 2.68 bits per heavy atom. The number of aromatic nitrogens is 5. The molecule has 1 fully saturated rings. The molecule has 4 aromatic rings. The predicted molar refractivity (Wildman–Crippen MR) is 115 cm³/mol. The molecule has 0 radical (unpaired) electrons. The molecule has 3 aromatic heterocycles. The molecule has 1 aromatic carbocycles. The van der Waals surface area contributed by atoms with Crippen molar-refractivity contribution in [2.45, 2.75) is 38.5 Å². The van der Waals surface area contributed by atoms with E-state index < -0.39 is 0 Å². The Morgan fingerprint density at radius 2 is 1.90 bits per heavy atom. The van der Waals surface area contributed by atoms with Crippen LogP contribution < -0.4 is 5.32 Å². The molecule has 3 heterocycles. The molecule has 8 nitrogen and oxygen atoms in total. The van der Waals surface area contributed by atoms with Crippen LogP contribution in [0.3, 0.4) is 0 Å². The fourth-order valence-corrected chi connectivity index (χ4v) is 4.01. The van der Waals surface area contributed by atoms with Gasteiger partial charge in [0.15, 0.2) is 0 Å². The van der Waals surface area contributed by atoms with Gasteiger partial charge in [-0.15, -0.1) is 0 Å². The summed E-state index contributed by atoms with van der Waals surface area (Å²) in [7, 11) is 0. The minimum absolute atomic E-state index is 0.211. The van der Waals surface area contributed by atoms with Crippen LogP contribution in [-0.2, 0) is 4.79 Å². The lowest BCUT2D eigenvalue weighted by atomic mass is 9.86. The molecule has 0 unspecified atom stereocenters. The number of ketones is 1. The van der Waals surface area contributed by atoms with Crippen LogP contribution in [0.4, 0.5) is 5.82 Å². The molecule has 1 amide bonds. The van der Waals surface area contributed by atoms with Gasteiger partial charge in [-0.05, 0) is 38.0 Å². The first kappa shape index (κ1) is 19.2. The summed E-state index contributed by atoms with van der Waals surface area (Å²) in [5.41, 5.74) is 4.05. The van der Waals surface area contributed by atoms with Crippen molar-refractivity contribution >= 4 is 23.0 Å². The van der Waals surface area contributed by atoms with Crippen molar-refractivity contribution in [1.29, 1.82) is 0 Å². The highest BCUT2D eigenvalue weighted by Crippen LogP contribution is 2.33. The number of carbonyl (C=O) groups excluding carboxylic acids is 2. The second-order valence-electron chi connectivity index (χ2n) is 7.94. The van der Waals surface area contributed by atoms with E-state index in [1.165, 1.54) is 6.20 Å². The van der Waals surface area contributed by atoms with E-state index >= 15 is 0 Å². The number of rotatable bonds is 4. The topological polar surface area (TPSA) is 94.2 Å². The number of fused-ring (bicyclic) bond motifs is 1. The number of nitrogens with one attached hydrogen (secondary N) is 1. The summed E-state index contributed by atoms with van der Waals surface area (Å²) in [6, 6.07) is 11.7. The van der Waals surface area contributed by atoms with E-state index in [1.54, 1.807) is 27.8 Å². The summed E-state index contributed by atoms with van der Waals surface area (Å²) in [5.74, 6) is 0.849. The van der Waals surface area contributed by atoms with Crippen molar-refractivity contribution in [3.05, 3.63) is 71.9 Å². The van der Waals surface area contributed by atoms with E-state index in [0.29, 0.717) is 35.5 Å². The first-order valence-electron chi connectivity index (χ1n) is 10.4. The molecular weight excluding hydrogens is 392 g/mol. The molecule has 1 aliphatic rings. The van der Waals surface area contributed by atoms with Gasteiger partial charge in [-0.1, -0.05) is 17.7 Å². The van der Waals surface area contributed by atoms with Gasteiger partial charge in [0.1, 0.15) is 17.9 Å². The Hall–Kier alpha value is -3.81. The minimum atomic E-state index is -0.264. The quantitative estimate of drug-likeness (QED) is 0.549. The lowest BCUT2D eigenvalue weighted by Crippen LogP contribution is -2.15. The van der Waals surface area contributed by atoms with Crippen molar-refractivity contribution in [3.63, 3.8) is 0 Å². The molecule has 5 rings (SSSR count).